The Balaban J connectivity index is 1.68. The molecule has 1 heterocycles. The van der Waals surface area contributed by atoms with Gasteiger partial charge in [-0.2, -0.15) is 0 Å². The van der Waals surface area contributed by atoms with E-state index in [1.54, 1.807) is 30.3 Å². The average Bonchev–Trinajstić information content (AvgIpc) is 3.14. The Morgan fingerprint density at radius 2 is 1.68 bits per heavy atom. The molecule has 4 aromatic rings. The van der Waals surface area contributed by atoms with Gasteiger partial charge < -0.3 is 15.1 Å². The van der Waals surface area contributed by atoms with Crippen LogP contribution < -0.4 is 10.6 Å². The van der Waals surface area contributed by atoms with Gasteiger partial charge in [0, 0.05) is 11.1 Å². The van der Waals surface area contributed by atoms with Crippen LogP contribution in [0.15, 0.2) is 83.3 Å². The van der Waals surface area contributed by atoms with Crippen molar-refractivity contribution in [2.24, 2.45) is 0 Å². The van der Waals surface area contributed by atoms with Gasteiger partial charge in [0.2, 0.25) is 11.7 Å². The standard InChI is InChI=1S/C25H21FN2O3/c1-2-19(16-9-4-3-5-10-16)24(29)28-22-20-13-6-7-14-21(20)31-23(22)25(30)27-18-12-8-11-17(26)15-18/h3-15,19H,2H2,1H3,(H,27,30)(H,28,29)/t19-/m1/s1. The molecule has 2 amide bonds. The molecule has 5 nitrogen and oxygen atoms in total. The molecule has 0 aliphatic rings. The van der Waals surface area contributed by atoms with E-state index in [1.807, 2.05) is 37.3 Å². The molecule has 0 aliphatic heterocycles. The first-order valence-corrected chi connectivity index (χ1v) is 10.0. The maximum Gasteiger partial charge on any atom is 0.293 e. The van der Waals surface area contributed by atoms with E-state index in [1.165, 1.54) is 18.2 Å². The summed E-state index contributed by atoms with van der Waals surface area (Å²) in [4.78, 5) is 26.1. The molecule has 0 saturated carbocycles. The van der Waals surface area contributed by atoms with Gasteiger partial charge in [0.1, 0.15) is 17.1 Å². The van der Waals surface area contributed by atoms with Crippen molar-refractivity contribution >= 4 is 34.2 Å². The van der Waals surface area contributed by atoms with E-state index < -0.39 is 11.7 Å². The van der Waals surface area contributed by atoms with Crippen LogP contribution in [0.2, 0.25) is 0 Å². The van der Waals surface area contributed by atoms with Crippen LogP contribution in [0.1, 0.15) is 35.4 Å². The fourth-order valence-corrected chi connectivity index (χ4v) is 3.55. The van der Waals surface area contributed by atoms with Crippen molar-refractivity contribution in [1.29, 1.82) is 0 Å². The van der Waals surface area contributed by atoms with Gasteiger partial charge in [-0.3, -0.25) is 9.59 Å². The number of hydrogen-bond donors (Lipinski definition) is 2. The van der Waals surface area contributed by atoms with Crippen LogP contribution in [0.3, 0.4) is 0 Å². The SMILES string of the molecule is CC[C@@H](C(=O)Nc1c(C(=O)Nc2cccc(F)c2)oc2ccccc12)c1ccccc1. The van der Waals surface area contributed by atoms with Crippen molar-refractivity contribution in [1.82, 2.24) is 0 Å². The average molecular weight is 416 g/mol. The maximum atomic E-state index is 13.5. The number of furan rings is 1. The molecular formula is C25H21FN2O3. The molecule has 0 saturated heterocycles. The first-order valence-electron chi connectivity index (χ1n) is 10.0. The minimum absolute atomic E-state index is 0.0401. The third-order valence-corrected chi connectivity index (χ3v) is 5.06. The van der Waals surface area contributed by atoms with E-state index in [0.29, 0.717) is 28.8 Å². The van der Waals surface area contributed by atoms with Crippen molar-refractivity contribution in [3.05, 3.63) is 96.0 Å². The summed E-state index contributed by atoms with van der Waals surface area (Å²) in [5.74, 6) is -1.70. The first kappa shape index (κ1) is 20.3. The highest BCUT2D eigenvalue weighted by molar-refractivity contribution is 6.15. The van der Waals surface area contributed by atoms with E-state index in [9.17, 15) is 14.0 Å². The van der Waals surface area contributed by atoms with E-state index in [2.05, 4.69) is 10.6 Å². The maximum absolute atomic E-state index is 13.5. The van der Waals surface area contributed by atoms with E-state index in [0.717, 1.165) is 5.56 Å². The summed E-state index contributed by atoms with van der Waals surface area (Å²) in [6.45, 7) is 1.93. The zero-order valence-electron chi connectivity index (χ0n) is 16.9. The second-order valence-electron chi connectivity index (χ2n) is 7.13. The fourth-order valence-electron chi connectivity index (χ4n) is 3.55. The molecule has 2 N–H and O–H groups in total. The summed E-state index contributed by atoms with van der Waals surface area (Å²) in [5.41, 5.74) is 1.94. The van der Waals surface area contributed by atoms with Crippen LogP contribution in [0.5, 0.6) is 0 Å². The van der Waals surface area contributed by atoms with Crippen molar-refractivity contribution in [2.75, 3.05) is 10.6 Å². The number of para-hydroxylation sites is 1. The van der Waals surface area contributed by atoms with Crippen LogP contribution in [0.25, 0.3) is 11.0 Å². The highest BCUT2D eigenvalue weighted by Crippen LogP contribution is 2.33. The second kappa shape index (κ2) is 8.83. The summed E-state index contributed by atoms with van der Waals surface area (Å²) in [5, 5.41) is 6.13. The Bertz CT molecular complexity index is 1230. The molecule has 1 aromatic heterocycles. The monoisotopic (exact) mass is 416 g/mol. The molecule has 0 bridgehead atoms. The van der Waals surface area contributed by atoms with Crippen molar-refractivity contribution in [3.63, 3.8) is 0 Å². The molecule has 0 aliphatic carbocycles. The molecule has 3 aromatic carbocycles. The number of hydrogen-bond acceptors (Lipinski definition) is 3. The van der Waals surface area contributed by atoms with E-state index in [4.69, 9.17) is 4.42 Å². The highest BCUT2D eigenvalue weighted by atomic mass is 19.1. The number of benzene rings is 3. The molecule has 31 heavy (non-hydrogen) atoms. The predicted molar refractivity (Wildman–Crippen MR) is 119 cm³/mol. The Kier molecular flexibility index (Phi) is 5.80. The quantitative estimate of drug-likeness (QED) is 0.408. The number of halogens is 1. The predicted octanol–water partition coefficient (Wildman–Crippen LogP) is 5.96. The Hall–Kier alpha value is -3.93. The lowest BCUT2D eigenvalue weighted by atomic mass is 9.95. The van der Waals surface area contributed by atoms with Crippen LogP contribution in [0, 0.1) is 5.82 Å². The van der Waals surface area contributed by atoms with Gasteiger partial charge in [0.15, 0.2) is 0 Å². The lowest BCUT2D eigenvalue weighted by molar-refractivity contribution is -0.117. The van der Waals surface area contributed by atoms with Crippen LogP contribution in [0.4, 0.5) is 15.8 Å². The topological polar surface area (TPSA) is 71.3 Å². The summed E-state index contributed by atoms with van der Waals surface area (Å²) in [6, 6.07) is 22.1. The molecular weight excluding hydrogens is 395 g/mol. The van der Waals surface area contributed by atoms with Crippen molar-refractivity contribution in [2.45, 2.75) is 19.3 Å². The summed E-state index contributed by atoms with van der Waals surface area (Å²) < 4.78 is 19.3. The Morgan fingerprint density at radius 3 is 2.42 bits per heavy atom. The van der Waals surface area contributed by atoms with Gasteiger partial charge in [0.25, 0.3) is 5.91 Å². The summed E-state index contributed by atoms with van der Waals surface area (Å²) in [7, 11) is 0. The van der Waals surface area contributed by atoms with E-state index >= 15 is 0 Å². The molecule has 156 valence electrons. The van der Waals surface area contributed by atoms with Crippen molar-refractivity contribution < 1.29 is 18.4 Å². The largest absolute Gasteiger partial charge is 0.449 e. The van der Waals surface area contributed by atoms with Crippen LogP contribution in [-0.4, -0.2) is 11.8 Å². The minimum atomic E-state index is -0.579. The fraction of sp³-hybridized carbons (Fsp3) is 0.120. The second-order valence-corrected chi connectivity index (χ2v) is 7.13. The van der Waals surface area contributed by atoms with Crippen LogP contribution >= 0.6 is 0 Å². The van der Waals surface area contributed by atoms with Gasteiger partial charge in [-0.15, -0.1) is 0 Å². The third kappa shape index (κ3) is 4.33. The summed E-state index contributed by atoms with van der Waals surface area (Å²) >= 11 is 0. The summed E-state index contributed by atoms with van der Waals surface area (Å²) in [6.07, 6.45) is 0.594. The molecule has 0 spiro atoms. The number of nitrogens with one attached hydrogen (secondary N) is 2. The Morgan fingerprint density at radius 1 is 0.935 bits per heavy atom. The lowest BCUT2D eigenvalue weighted by Gasteiger charge is -2.15. The van der Waals surface area contributed by atoms with Gasteiger partial charge >= 0.3 is 0 Å². The zero-order chi connectivity index (χ0) is 21.8. The molecule has 1 atom stereocenters. The number of amides is 2. The van der Waals surface area contributed by atoms with Crippen molar-refractivity contribution in [3.8, 4) is 0 Å². The normalized spacial score (nSPS) is 11.8. The smallest absolute Gasteiger partial charge is 0.293 e. The molecule has 6 heteroatoms. The van der Waals surface area contributed by atoms with E-state index in [-0.39, 0.29) is 17.6 Å². The lowest BCUT2D eigenvalue weighted by Crippen LogP contribution is -2.22. The van der Waals surface area contributed by atoms with Crippen LogP contribution in [-0.2, 0) is 4.79 Å². The first-order chi connectivity index (χ1) is 15.1. The number of anilines is 2. The highest BCUT2D eigenvalue weighted by Gasteiger charge is 2.26. The molecule has 0 fully saturated rings. The van der Waals surface area contributed by atoms with Gasteiger partial charge in [-0.25, -0.2) is 4.39 Å². The molecule has 4 rings (SSSR count). The van der Waals surface area contributed by atoms with Gasteiger partial charge in [-0.1, -0.05) is 55.5 Å². The Labute approximate surface area is 178 Å². The molecule has 0 unspecified atom stereocenters. The number of fused-ring (bicyclic) bond motifs is 1. The number of rotatable bonds is 6. The third-order valence-electron chi connectivity index (χ3n) is 5.06. The van der Waals surface area contributed by atoms with Gasteiger partial charge in [-0.05, 0) is 42.3 Å². The molecule has 0 radical (unpaired) electrons. The van der Waals surface area contributed by atoms with Gasteiger partial charge in [0.05, 0.1) is 5.92 Å². The minimum Gasteiger partial charge on any atom is -0.449 e. The number of carbonyl (C=O) groups excluding carboxylic acids is 2. The number of carbonyl (C=O) groups is 2. The zero-order valence-corrected chi connectivity index (χ0v) is 16.9.